The highest BCUT2D eigenvalue weighted by Gasteiger charge is 1.99. The van der Waals surface area contributed by atoms with Gasteiger partial charge in [0.1, 0.15) is 12.4 Å². The second-order valence-corrected chi connectivity index (χ2v) is 4.86. The van der Waals surface area contributed by atoms with Crippen LogP contribution in [-0.2, 0) is 6.54 Å². The number of terminal acetylenes is 1. The Kier molecular flexibility index (Phi) is 4.92. The number of rotatable bonds is 5. The van der Waals surface area contributed by atoms with E-state index in [1.165, 1.54) is 0 Å². The fraction of sp³-hybridized carbons (Fsp3) is 0.176. The van der Waals surface area contributed by atoms with E-state index >= 15 is 0 Å². The van der Waals surface area contributed by atoms with E-state index in [1.807, 2.05) is 49.4 Å². The summed E-state index contributed by atoms with van der Waals surface area (Å²) in [5.41, 5.74) is 3.19. The minimum Gasteiger partial charge on any atom is -0.481 e. The number of hydrogen-bond donors (Lipinski definition) is 1. The van der Waals surface area contributed by atoms with Crippen molar-refractivity contribution < 1.29 is 4.74 Å². The van der Waals surface area contributed by atoms with Gasteiger partial charge in [-0.2, -0.15) is 0 Å². The quantitative estimate of drug-likeness (QED) is 0.828. The third-order valence-electron chi connectivity index (χ3n) is 2.89. The van der Waals surface area contributed by atoms with Crippen LogP contribution in [0.2, 0.25) is 5.02 Å². The molecule has 0 atom stereocenters. The molecule has 2 aromatic carbocycles. The van der Waals surface area contributed by atoms with Gasteiger partial charge in [-0.15, -0.1) is 6.42 Å². The first-order chi connectivity index (χ1) is 9.69. The van der Waals surface area contributed by atoms with Gasteiger partial charge >= 0.3 is 0 Å². The van der Waals surface area contributed by atoms with Crippen LogP contribution in [0.5, 0.6) is 5.75 Å². The van der Waals surface area contributed by atoms with Crippen LogP contribution < -0.4 is 10.1 Å². The van der Waals surface area contributed by atoms with E-state index in [9.17, 15) is 0 Å². The van der Waals surface area contributed by atoms with Crippen LogP contribution in [0.25, 0.3) is 0 Å². The molecule has 0 radical (unpaired) electrons. The molecular formula is C17H16ClNO. The van der Waals surface area contributed by atoms with Crippen LogP contribution in [0.15, 0.2) is 42.5 Å². The van der Waals surface area contributed by atoms with Crippen LogP contribution in [-0.4, -0.2) is 6.61 Å². The van der Waals surface area contributed by atoms with E-state index in [4.69, 9.17) is 22.8 Å². The first-order valence-corrected chi connectivity index (χ1v) is 6.72. The smallest absolute Gasteiger partial charge is 0.148 e. The average molecular weight is 286 g/mol. The number of ether oxygens (including phenoxy) is 1. The number of hydrogen-bond acceptors (Lipinski definition) is 2. The molecule has 102 valence electrons. The zero-order valence-electron chi connectivity index (χ0n) is 11.3. The Bertz CT molecular complexity index is 631. The third-order valence-corrected chi connectivity index (χ3v) is 3.30. The van der Waals surface area contributed by atoms with Crippen molar-refractivity contribution in [1.82, 2.24) is 0 Å². The Morgan fingerprint density at radius 3 is 2.85 bits per heavy atom. The van der Waals surface area contributed by atoms with Crippen molar-refractivity contribution in [3.8, 4) is 18.1 Å². The molecule has 0 heterocycles. The van der Waals surface area contributed by atoms with Crippen molar-refractivity contribution >= 4 is 17.3 Å². The molecule has 2 nitrogen and oxygen atoms in total. The van der Waals surface area contributed by atoms with Gasteiger partial charge in [0.15, 0.2) is 0 Å². The summed E-state index contributed by atoms with van der Waals surface area (Å²) in [6, 6.07) is 13.8. The average Bonchev–Trinajstić information content (AvgIpc) is 2.47. The fourth-order valence-electron chi connectivity index (χ4n) is 1.78. The van der Waals surface area contributed by atoms with Crippen molar-refractivity contribution in [3.05, 3.63) is 58.6 Å². The first kappa shape index (κ1) is 14.3. The van der Waals surface area contributed by atoms with E-state index in [-0.39, 0.29) is 6.61 Å². The molecule has 0 bridgehead atoms. The number of aryl methyl sites for hydroxylation is 1. The van der Waals surface area contributed by atoms with Gasteiger partial charge in [0.2, 0.25) is 0 Å². The van der Waals surface area contributed by atoms with Crippen LogP contribution in [0.3, 0.4) is 0 Å². The van der Waals surface area contributed by atoms with Crippen molar-refractivity contribution in [2.75, 3.05) is 11.9 Å². The van der Waals surface area contributed by atoms with Gasteiger partial charge < -0.3 is 10.1 Å². The molecule has 0 spiro atoms. The molecule has 0 unspecified atom stereocenters. The zero-order valence-corrected chi connectivity index (χ0v) is 12.1. The van der Waals surface area contributed by atoms with Crippen LogP contribution in [0.4, 0.5) is 5.69 Å². The van der Waals surface area contributed by atoms with Gasteiger partial charge in [-0.25, -0.2) is 0 Å². The SMILES string of the molecule is C#CCOc1cccc(CNc2ccc(C)c(Cl)c2)c1. The van der Waals surface area contributed by atoms with E-state index in [1.54, 1.807) is 0 Å². The number of nitrogens with one attached hydrogen (secondary N) is 1. The minimum atomic E-state index is 0.282. The van der Waals surface area contributed by atoms with Gasteiger partial charge in [0.25, 0.3) is 0 Å². The molecule has 0 aliphatic rings. The van der Waals surface area contributed by atoms with Crippen molar-refractivity contribution in [3.63, 3.8) is 0 Å². The molecule has 0 fully saturated rings. The molecule has 0 saturated carbocycles. The minimum absolute atomic E-state index is 0.282. The molecule has 20 heavy (non-hydrogen) atoms. The van der Waals surface area contributed by atoms with Gasteiger partial charge in [-0.05, 0) is 42.3 Å². The summed E-state index contributed by atoms with van der Waals surface area (Å²) in [7, 11) is 0. The Morgan fingerprint density at radius 2 is 2.10 bits per heavy atom. The Labute approximate surface area is 124 Å². The first-order valence-electron chi connectivity index (χ1n) is 6.34. The van der Waals surface area contributed by atoms with Crippen LogP contribution in [0.1, 0.15) is 11.1 Å². The number of anilines is 1. The lowest BCUT2D eigenvalue weighted by atomic mass is 10.2. The van der Waals surface area contributed by atoms with Crippen LogP contribution >= 0.6 is 11.6 Å². The van der Waals surface area contributed by atoms with Gasteiger partial charge in [0, 0.05) is 17.3 Å². The second kappa shape index (κ2) is 6.88. The molecule has 0 aliphatic carbocycles. The molecule has 2 aromatic rings. The summed E-state index contributed by atoms with van der Waals surface area (Å²) in [4.78, 5) is 0. The van der Waals surface area contributed by atoms with Gasteiger partial charge in [0.05, 0.1) is 0 Å². The van der Waals surface area contributed by atoms with Crippen LogP contribution in [0, 0.1) is 19.3 Å². The Hall–Kier alpha value is -2.11. The second-order valence-electron chi connectivity index (χ2n) is 4.46. The monoisotopic (exact) mass is 285 g/mol. The van der Waals surface area contributed by atoms with Crippen molar-refractivity contribution in [2.45, 2.75) is 13.5 Å². The molecule has 0 aliphatic heterocycles. The standard InChI is InChI=1S/C17H16ClNO/c1-3-9-20-16-6-4-5-14(10-16)12-19-15-8-7-13(2)17(18)11-15/h1,4-8,10-11,19H,9,12H2,2H3. The lowest BCUT2D eigenvalue weighted by Gasteiger charge is -2.09. The van der Waals surface area contributed by atoms with E-state index < -0.39 is 0 Å². The number of halogens is 1. The Morgan fingerprint density at radius 1 is 1.25 bits per heavy atom. The summed E-state index contributed by atoms with van der Waals surface area (Å²) in [5.74, 6) is 3.23. The maximum absolute atomic E-state index is 6.10. The highest BCUT2D eigenvalue weighted by molar-refractivity contribution is 6.31. The van der Waals surface area contributed by atoms with Gasteiger partial charge in [-0.3, -0.25) is 0 Å². The molecule has 0 saturated heterocycles. The lowest BCUT2D eigenvalue weighted by Crippen LogP contribution is -2.00. The molecule has 1 N–H and O–H groups in total. The Balaban J connectivity index is 1.99. The van der Waals surface area contributed by atoms with E-state index in [0.717, 1.165) is 27.6 Å². The normalized spacial score (nSPS) is 9.85. The zero-order chi connectivity index (χ0) is 14.4. The topological polar surface area (TPSA) is 21.3 Å². The summed E-state index contributed by atoms with van der Waals surface area (Å²) < 4.78 is 5.40. The highest BCUT2D eigenvalue weighted by atomic mass is 35.5. The predicted octanol–water partition coefficient (Wildman–Crippen LogP) is 4.27. The molecule has 2 rings (SSSR count). The number of benzene rings is 2. The van der Waals surface area contributed by atoms with Crippen molar-refractivity contribution in [2.24, 2.45) is 0 Å². The molecular weight excluding hydrogens is 270 g/mol. The van der Waals surface area contributed by atoms with Crippen molar-refractivity contribution in [1.29, 1.82) is 0 Å². The lowest BCUT2D eigenvalue weighted by molar-refractivity contribution is 0.370. The van der Waals surface area contributed by atoms with E-state index in [2.05, 4.69) is 11.2 Å². The highest BCUT2D eigenvalue weighted by Crippen LogP contribution is 2.21. The largest absolute Gasteiger partial charge is 0.481 e. The molecule has 3 heteroatoms. The summed E-state index contributed by atoms with van der Waals surface area (Å²) >= 11 is 6.10. The fourth-order valence-corrected chi connectivity index (χ4v) is 1.96. The predicted molar refractivity (Wildman–Crippen MR) is 84.3 cm³/mol. The maximum atomic E-state index is 6.10. The third kappa shape index (κ3) is 3.94. The summed E-state index contributed by atoms with van der Waals surface area (Å²) in [5, 5.41) is 4.10. The summed E-state index contributed by atoms with van der Waals surface area (Å²) in [6.45, 7) is 2.97. The summed E-state index contributed by atoms with van der Waals surface area (Å²) in [6.07, 6.45) is 5.18. The maximum Gasteiger partial charge on any atom is 0.148 e. The van der Waals surface area contributed by atoms with E-state index in [0.29, 0.717) is 6.54 Å². The van der Waals surface area contributed by atoms with Gasteiger partial charge in [-0.1, -0.05) is 35.7 Å². The molecule has 0 amide bonds. The molecule has 0 aromatic heterocycles.